The molecule has 0 aliphatic carbocycles. The Bertz CT molecular complexity index is 310. The normalized spacial score (nSPS) is 15.2. The van der Waals surface area contributed by atoms with Crippen molar-refractivity contribution in [3.05, 3.63) is 22.4 Å². The number of carboxylic acids is 1. The van der Waals surface area contributed by atoms with Gasteiger partial charge in [0.15, 0.2) is 0 Å². The average molecular weight is 227 g/mol. The number of hydrogen-bond donors (Lipinski definition) is 1. The van der Waals surface area contributed by atoms with E-state index in [-0.39, 0.29) is 12.0 Å². The Kier molecular flexibility index (Phi) is 4.29. The fourth-order valence-corrected chi connectivity index (χ4v) is 2.15. The molecule has 4 heteroatoms. The van der Waals surface area contributed by atoms with Gasteiger partial charge in [0.2, 0.25) is 0 Å². The second-order valence-corrected chi connectivity index (χ2v) is 4.89. The number of rotatable bonds is 5. The largest absolute Gasteiger partial charge is 0.481 e. The Morgan fingerprint density at radius 3 is 2.73 bits per heavy atom. The van der Waals surface area contributed by atoms with Crippen molar-refractivity contribution >= 4 is 17.3 Å². The first-order chi connectivity index (χ1) is 7.02. The minimum absolute atomic E-state index is 0.0459. The van der Waals surface area contributed by atoms with Gasteiger partial charge in [0.1, 0.15) is 0 Å². The summed E-state index contributed by atoms with van der Waals surface area (Å²) in [4.78, 5) is 14.2. The van der Waals surface area contributed by atoms with Crippen LogP contribution < -0.4 is 0 Å². The Morgan fingerprint density at radius 1 is 1.60 bits per heavy atom. The summed E-state index contributed by atoms with van der Waals surface area (Å²) in [7, 11) is 1.96. The number of aliphatic carboxylic acids is 1. The summed E-state index contributed by atoms with van der Waals surface area (Å²) in [5.41, 5.74) is 0. The number of nitrogens with zero attached hydrogens (tertiary/aromatic N) is 1. The van der Waals surface area contributed by atoms with Crippen molar-refractivity contribution < 1.29 is 9.90 Å². The molecule has 0 radical (unpaired) electrons. The van der Waals surface area contributed by atoms with Crippen molar-refractivity contribution in [1.29, 1.82) is 0 Å². The zero-order valence-electron chi connectivity index (χ0n) is 9.30. The van der Waals surface area contributed by atoms with Crippen LogP contribution >= 0.6 is 11.3 Å². The van der Waals surface area contributed by atoms with Crippen LogP contribution in [0.4, 0.5) is 0 Å². The summed E-state index contributed by atoms with van der Waals surface area (Å²) in [6.45, 7) is 4.51. The van der Waals surface area contributed by atoms with E-state index in [2.05, 4.69) is 11.0 Å². The molecule has 15 heavy (non-hydrogen) atoms. The van der Waals surface area contributed by atoms with Gasteiger partial charge in [0, 0.05) is 17.5 Å². The van der Waals surface area contributed by atoms with Gasteiger partial charge in [0.05, 0.1) is 5.92 Å². The van der Waals surface area contributed by atoms with Crippen molar-refractivity contribution in [2.24, 2.45) is 5.92 Å². The van der Waals surface area contributed by atoms with Crippen LogP contribution in [0.15, 0.2) is 17.5 Å². The molecule has 1 aromatic heterocycles. The molecule has 2 unspecified atom stereocenters. The highest BCUT2D eigenvalue weighted by molar-refractivity contribution is 7.09. The molecule has 0 saturated heterocycles. The maximum atomic E-state index is 10.8. The van der Waals surface area contributed by atoms with Crippen LogP contribution in [0.25, 0.3) is 0 Å². The van der Waals surface area contributed by atoms with Crippen molar-refractivity contribution in [2.45, 2.75) is 26.4 Å². The van der Waals surface area contributed by atoms with E-state index in [1.807, 2.05) is 25.4 Å². The maximum absolute atomic E-state index is 10.8. The highest BCUT2D eigenvalue weighted by Crippen LogP contribution is 2.16. The minimum atomic E-state index is -0.736. The highest BCUT2D eigenvalue weighted by Gasteiger charge is 2.22. The number of carboxylic acid groups (broad SMARTS) is 1. The molecule has 84 valence electrons. The molecule has 0 bridgehead atoms. The first kappa shape index (κ1) is 12.2. The summed E-state index contributed by atoms with van der Waals surface area (Å²) in [5, 5.41) is 10.9. The first-order valence-electron chi connectivity index (χ1n) is 4.97. The van der Waals surface area contributed by atoms with Crippen LogP contribution in [0, 0.1) is 5.92 Å². The third kappa shape index (κ3) is 3.32. The highest BCUT2D eigenvalue weighted by atomic mass is 32.1. The molecule has 0 fully saturated rings. The molecule has 0 amide bonds. The van der Waals surface area contributed by atoms with Gasteiger partial charge in [-0.2, -0.15) is 0 Å². The Labute approximate surface area is 94.3 Å². The third-order valence-corrected chi connectivity index (χ3v) is 3.65. The average Bonchev–Trinajstić information content (AvgIpc) is 2.67. The predicted octanol–water partition coefficient (Wildman–Crippen LogP) is 2.29. The second-order valence-electron chi connectivity index (χ2n) is 3.86. The van der Waals surface area contributed by atoms with Gasteiger partial charge < -0.3 is 5.11 Å². The summed E-state index contributed by atoms with van der Waals surface area (Å²) < 4.78 is 0. The Morgan fingerprint density at radius 2 is 2.27 bits per heavy atom. The van der Waals surface area contributed by atoms with Crippen molar-refractivity contribution in [1.82, 2.24) is 4.90 Å². The molecule has 2 atom stereocenters. The monoisotopic (exact) mass is 227 g/mol. The molecule has 1 heterocycles. The molecule has 1 aromatic rings. The molecule has 0 saturated carbocycles. The van der Waals surface area contributed by atoms with Gasteiger partial charge in [-0.15, -0.1) is 11.3 Å². The molecule has 3 nitrogen and oxygen atoms in total. The lowest BCUT2D eigenvalue weighted by atomic mass is 10.0. The molecular weight excluding hydrogens is 210 g/mol. The molecule has 1 N–H and O–H groups in total. The fourth-order valence-electron chi connectivity index (χ4n) is 1.38. The topological polar surface area (TPSA) is 40.5 Å². The van der Waals surface area contributed by atoms with Crippen LogP contribution in [0.3, 0.4) is 0 Å². The number of thiophene rings is 1. The van der Waals surface area contributed by atoms with Crippen LogP contribution in [0.1, 0.15) is 18.7 Å². The van der Waals surface area contributed by atoms with Gasteiger partial charge >= 0.3 is 5.97 Å². The van der Waals surface area contributed by atoms with E-state index in [1.54, 1.807) is 18.3 Å². The smallest absolute Gasteiger partial charge is 0.307 e. The molecular formula is C11H17NO2S. The number of hydrogen-bond acceptors (Lipinski definition) is 3. The minimum Gasteiger partial charge on any atom is -0.481 e. The lowest BCUT2D eigenvalue weighted by molar-refractivity contribution is -0.143. The van der Waals surface area contributed by atoms with Crippen LogP contribution in [-0.4, -0.2) is 29.1 Å². The van der Waals surface area contributed by atoms with Gasteiger partial charge in [0.25, 0.3) is 0 Å². The van der Waals surface area contributed by atoms with E-state index in [9.17, 15) is 4.79 Å². The predicted molar refractivity (Wildman–Crippen MR) is 62.0 cm³/mol. The van der Waals surface area contributed by atoms with Gasteiger partial charge in [-0.25, -0.2) is 0 Å². The zero-order chi connectivity index (χ0) is 11.4. The lowest BCUT2D eigenvalue weighted by Gasteiger charge is -2.27. The van der Waals surface area contributed by atoms with Crippen molar-refractivity contribution in [3.63, 3.8) is 0 Å². The molecule has 1 rings (SSSR count). The van der Waals surface area contributed by atoms with E-state index in [0.717, 1.165) is 6.54 Å². The summed E-state index contributed by atoms with van der Waals surface area (Å²) in [6.07, 6.45) is 0. The molecule has 0 spiro atoms. The van der Waals surface area contributed by atoms with Crippen LogP contribution in [-0.2, 0) is 11.3 Å². The zero-order valence-corrected chi connectivity index (χ0v) is 10.1. The van der Waals surface area contributed by atoms with Crippen LogP contribution in [0.5, 0.6) is 0 Å². The molecule has 0 aliphatic rings. The maximum Gasteiger partial charge on any atom is 0.307 e. The standard InChI is InChI=1S/C11H17NO2S/c1-8(11(13)14)9(2)12(3)7-10-5-4-6-15-10/h4-6,8-9H,7H2,1-3H3,(H,13,14). The van der Waals surface area contributed by atoms with Gasteiger partial charge in [-0.05, 0) is 25.4 Å². The molecule has 0 aliphatic heterocycles. The third-order valence-electron chi connectivity index (χ3n) is 2.79. The quantitative estimate of drug-likeness (QED) is 0.839. The Balaban J connectivity index is 2.53. The Hall–Kier alpha value is -0.870. The van der Waals surface area contributed by atoms with E-state index in [0.29, 0.717) is 0 Å². The summed E-state index contributed by atoms with van der Waals surface area (Å²) >= 11 is 1.70. The van der Waals surface area contributed by atoms with Gasteiger partial charge in [-0.3, -0.25) is 9.69 Å². The van der Waals surface area contributed by atoms with E-state index in [4.69, 9.17) is 5.11 Å². The van der Waals surface area contributed by atoms with Crippen LogP contribution in [0.2, 0.25) is 0 Å². The summed E-state index contributed by atoms with van der Waals surface area (Å²) in [5.74, 6) is -1.07. The molecule has 0 aromatic carbocycles. The summed E-state index contributed by atoms with van der Waals surface area (Å²) in [6, 6.07) is 4.13. The second kappa shape index (κ2) is 5.28. The fraction of sp³-hybridized carbons (Fsp3) is 0.545. The van der Waals surface area contributed by atoms with Crippen molar-refractivity contribution in [3.8, 4) is 0 Å². The number of carbonyl (C=O) groups is 1. The van der Waals surface area contributed by atoms with E-state index >= 15 is 0 Å². The lowest BCUT2D eigenvalue weighted by Crippen LogP contribution is -2.37. The van der Waals surface area contributed by atoms with E-state index < -0.39 is 5.97 Å². The SMILES string of the molecule is CC(C(=O)O)C(C)N(C)Cc1cccs1. The van der Waals surface area contributed by atoms with Crippen molar-refractivity contribution in [2.75, 3.05) is 7.05 Å². The first-order valence-corrected chi connectivity index (χ1v) is 5.85. The van der Waals surface area contributed by atoms with Gasteiger partial charge in [-0.1, -0.05) is 13.0 Å². The van der Waals surface area contributed by atoms with E-state index in [1.165, 1.54) is 4.88 Å².